The van der Waals surface area contributed by atoms with Crippen molar-refractivity contribution in [3.63, 3.8) is 0 Å². The lowest BCUT2D eigenvalue weighted by atomic mass is 9.78. The maximum atomic E-state index is 13.5. The summed E-state index contributed by atoms with van der Waals surface area (Å²) in [6.07, 6.45) is 1.25. The van der Waals surface area contributed by atoms with E-state index in [0.717, 1.165) is 32.7 Å². The summed E-state index contributed by atoms with van der Waals surface area (Å²) in [5.74, 6) is 1.09. The van der Waals surface area contributed by atoms with Gasteiger partial charge in [-0.05, 0) is 131 Å². The average Bonchev–Trinajstić information content (AvgIpc) is 3.26. The number of hydrogen-bond donors (Lipinski definition) is 4. The fraction of sp³-hybridized carbons (Fsp3) is 0.0588. The summed E-state index contributed by atoms with van der Waals surface area (Å²) < 4.78 is 12.3. The number of ether oxygens (including phenoxy) is 2. The fourth-order valence-electron chi connectivity index (χ4n) is 7.25. The SMILES string of the molecule is CC(C)(c1ccc(Oc2ccc(C=O)c(C(=O)Nc3cccc4cc(O)ccc34)c2)cc1)c1ccc(Oc2ccc(C=O)c(C(=O)Nc3cccc4cc(O)ccc34)c2)cc1. The van der Waals surface area contributed by atoms with E-state index in [0.29, 0.717) is 46.9 Å². The van der Waals surface area contributed by atoms with Crippen LogP contribution in [0.1, 0.15) is 66.4 Å². The summed E-state index contributed by atoms with van der Waals surface area (Å²) in [6, 6.07) is 45.1. The first kappa shape index (κ1) is 39.6. The first-order chi connectivity index (χ1) is 29.5. The standard InChI is InChI=1S/C51H38N2O8/c1-51(2,35-11-19-39(20-12-35)60-41-17-9-33(29-54)45(27-41)49(58)52-47-7-3-5-31-25-37(56)15-23-43(31)47)36-13-21-40(22-14-36)61-42-18-10-34(30-55)46(28-42)50(59)53-48-8-4-6-32-26-38(57)16-24-44(32)48/h3-30,56-57H,1-2H3,(H,52,58)(H,53,59). The largest absolute Gasteiger partial charge is 0.508 e. The highest BCUT2D eigenvalue weighted by Crippen LogP contribution is 2.36. The number of phenolic OH excluding ortho intramolecular Hbond substituents is 2. The monoisotopic (exact) mass is 806 g/mol. The Kier molecular flexibility index (Phi) is 10.7. The van der Waals surface area contributed by atoms with Gasteiger partial charge in [-0.15, -0.1) is 0 Å². The van der Waals surface area contributed by atoms with Crippen molar-refractivity contribution < 1.29 is 38.9 Å². The third-order valence-electron chi connectivity index (χ3n) is 10.6. The summed E-state index contributed by atoms with van der Waals surface area (Å²) in [7, 11) is 0. The molecule has 0 radical (unpaired) electrons. The third-order valence-corrected chi connectivity index (χ3v) is 10.6. The molecule has 10 nitrogen and oxygen atoms in total. The van der Waals surface area contributed by atoms with Gasteiger partial charge < -0.3 is 30.3 Å². The Bertz CT molecular complexity index is 2790. The Balaban J connectivity index is 0.939. The van der Waals surface area contributed by atoms with Gasteiger partial charge in [-0.1, -0.05) is 62.4 Å². The Morgan fingerprint density at radius 2 is 0.885 bits per heavy atom. The highest BCUT2D eigenvalue weighted by molar-refractivity contribution is 6.13. The van der Waals surface area contributed by atoms with Crippen molar-refractivity contribution in [3.8, 4) is 34.5 Å². The van der Waals surface area contributed by atoms with Crippen molar-refractivity contribution in [3.05, 3.63) is 191 Å². The van der Waals surface area contributed by atoms with Gasteiger partial charge in [0.25, 0.3) is 11.8 Å². The van der Waals surface area contributed by atoms with E-state index >= 15 is 0 Å². The normalized spacial score (nSPS) is 11.2. The number of amides is 2. The highest BCUT2D eigenvalue weighted by atomic mass is 16.5. The van der Waals surface area contributed by atoms with Crippen LogP contribution in [0.4, 0.5) is 11.4 Å². The molecule has 8 aromatic rings. The number of carbonyl (C=O) groups is 4. The van der Waals surface area contributed by atoms with Gasteiger partial charge in [-0.3, -0.25) is 19.2 Å². The minimum Gasteiger partial charge on any atom is -0.508 e. The zero-order valence-corrected chi connectivity index (χ0v) is 33.0. The molecule has 8 aromatic carbocycles. The molecular formula is C51H38N2O8. The molecule has 0 fully saturated rings. The molecule has 0 saturated heterocycles. The zero-order chi connectivity index (χ0) is 42.7. The molecule has 300 valence electrons. The first-order valence-corrected chi connectivity index (χ1v) is 19.3. The maximum Gasteiger partial charge on any atom is 0.256 e. The van der Waals surface area contributed by atoms with E-state index in [1.807, 2.05) is 60.7 Å². The van der Waals surface area contributed by atoms with Crippen LogP contribution in [0, 0.1) is 0 Å². The van der Waals surface area contributed by atoms with Crippen molar-refractivity contribution in [1.29, 1.82) is 0 Å². The first-order valence-electron chi connectivity index (χ1n) is 19.3. The molecule has 0 aliphatic rings. The lowest BCUT2D eigenvalue weighted by Crippen LogP contribution is -2.18. The van der Waals surface area contributed by atoms with Crippen molar-refractivity contribution >= 4 is 57.3 Å². The van der Waals surface area contributed by atoms with E-state index in [9.17, 15) is 29.4 Å². The second-order valence-corrected chi connectivity index (χ2v) is 14.9. The molecule has 61 heavy (non-hydrogen) atoms. The topological polar surface area (TPSA) is 151 Å². The van der Waals surface area contributed by atoms with Crippen molar-refractivity contribution in [2.45, 2.75) is 19.3 Å². The van der Waals surface area contributed by atoms with Crippen LogP contribution in [0.2, 0.25) is 0 Å². The number of anilines is 2. The number of carbonyl (C=O) groups excluding carboxylic acids is 4. The van der Waals surface area contributed by atoms with Crippen molar-refractivity contribution in [2.75, 3.05) is 10.6 Å². The Morgan fingerprint density at radius 3 is 1.28 bits per heavy atom. The van der Waals surface area contributed by atoms with Crippen molar-refractivity contribution in [2.24, 2.45) is 0 Å². The van der Waals surface area contributed by atoms with Crippen LogP contribution in [-0.4, -0.2) is 34.6 Å². The molecule has 0 aliphatic carbocycles. The summed E-state index contributed by atoms with van der Waals surface area (Å²) in [5, 5.41) is 28.5. The van der Waals surface area contributed by atoms with E-state index in [1.54, 1.807) is 84.9 Å². The molecule has 8 rings (SSSR count). The predicted molar refractivity (Wildman–Crippen MR) is 236 cm³/mol. The lowest BCUT2D eigenvalue weighted by molar-refractivity contribution is 0.101. The van der Waals surface area contributed by atoms with Crippen LogP contribution < -0.4 is 20.1 Å². The van der Waals surface area contributed by atoms with Crippen LogP contribution in [0.5, 0.6) is 34.5 Å². The van der Waals surface area contributed by atoms with Gasteiger partial charge >= 0.3 is 0 Å². The van der Waals surface area contributed by atoms with Crippen LogP contribution in [0.15, 0.2) is 158 Å². The van der Waals surface area contributed by atoms with Gasteiger partial charge in [0.05, 0.1) is 11.1 Å². The lowest BCUT2D eigenvalue weighted by Gasteiger charge is -2.26. The van der Waals surface area contributed by atoms with Crippen LogP contribution in [0.3, 0.4) is 0 Å². The molecule has 0 aromatic heterocycles. The van der Waals surface area contributed by atoms with Gasteiger partial charge in [0.1, 0.15) is 34.5 Å². The summed E-state index contributed by atoms with van der Waals surface area (Å²) in [4.78, 5) is 50.7. The minimum absolute atomic E-state index is 0.116. The second kappa shape index (κ2) is 16.6. The molecule has 4 N–H and O–H groups in total. The molecular weight excluding hydrogens is 769 g/mol. The summed E-state index contributed by atoms with van der Waals surface area (Å²) in [5.41, 5.74) is 3.39. The maximum absolute atomic E-state index is 13.5. The quantitative estimate of drug-likeness (QED) is 0.0891. The van der Waals surface area contributed by atoms with Crippen LogP contribution >= 0.6 is 0 Å². The molecule has 0 atom stereocenters. The molecule has 10 heteroatoms. The number of fused-ring (bicyclic) bond motifs is 2. The second-order valence-electron chi connectivity index (χ2n) is 14.9. The van der Waals surface area contributed by atoms with Gasteiger partial charge in [0.15, 0.2) is 12.6 Å². The average molecular weight is 807 g/mol. The highest BCUT2D eigenvalue weighted by Gasteiger charge is 2.24. The van der Waals surface area contributed by atoms with Gasteiger partial charge in [0, 0.05) is 38.7 Å². The Labute approximate surface area is 350 Å². The van der Waals surface area contributed by atoms with Gasteiger partial charge in [0.2, 0.25) is 0 Å². The molecule has 0 spiro atoms. The van der Waals surface area contributed by atoms with Crippen LogP contribution in [0.25, 0.3) is 21.5 Å². The Hall–Kier alpha value is -8.24. The van der Waals surface area contributed by atoms with Crippen LogP contribution in [-0.2, 0) is 5.41 Å². The van der Waals surface area contributed by atoms with E-state index in [2.05, 4.69) is 24.5 Å². The fourth-order valence-corrected chi connectivity index (χ4v) is 7.25. The summed E-state index contributed by atoms with van der Waals surface area (Å²) >= 11 is 0. The number of phenols is 2. The number of benzene rings is 8. The molecule has 0 bridgehead atoms. The van der Waals surface area contributed by atoms with Crippen molar-refractivity contribution in [1.82, 2.24) is 0 Å². The molecule has 0 heterocycles. The predicted octanol–water partition coefficient (Wildman–Crippen LogP) is 11.4. The number of aldehydes is 2. The number of nitrogens with one attached hydrogen (secondary N) is 2. The van der Waals surface area contributed by atoms with E-state index < -0.39 is 17.2 Å². The number of rotatable bonds is 12. The smallest absolute Gasteiger partial charge is 0.256 e. The zero-order valence-electron chi connectivity index (χ0n) is 33.0. The summed E-state index contributed by atoms with van der Waals surface area (Å²) in [6.45, 7) is 4.20. The minimum atomic E-state index is -0.481. The molecule has 0 saturated carbocycles. The van der Waals surface area contributed by atoms with E-state index in [-0.39, 0.29) is 33.8 Å². The molecule has 0 aliphatic heterocycles. The van der Waals surface area contributed by atoms with Gasteiger partial charge in [-0.25, -0.2) is 0 Å². The molecule has 0 unspecified atom stereocenters. The number of hydrogen-bond acceptors (Lipinski definition) is 8. The third kappa shape index (κ3) is 8.37. The molecule has 2 amide bonds. The van der Waals surface area contributed by atoms with Gasteiger partial charge in [-0.2, -0.15) is 0 Å². The van der Waals surface area contributed by atoms with E-state index in [4.69, 9.17) is 9.47 Å². The number of aromatic hydroxyl groups is 2. The van der Waals surface area contributed by atoms with E-state index in [1.165, 1.54) is 12.1 Å². The Morgan fingerprint density at radius 1 is 0.492 bits per heavy atom.